The predicted octanol–water partition coefficient (Wildman–Crippen LogP) is 1.35. The van der Waals surface area contributed by atoms with Crippen molar-refractivity contribution in [3.63, 3.8) is 0 Å². The second-order valence-corrected chi connectivity index (χ2v) is 7.25. The lowest BCUT2D eigenvalue weighted by molar-refractivity contribution is -0.121. The molecule has 0 aliphatic carbocycles. The first kappa shape index (κ1) is 17.9. The van der Waals surface area contributed by atoms with Crippen molar-refractivity contribution in [2.75, 3.05) is 26.2 Å². The molecule has 2 aliphatic heterocycles. The van der Waals surface area contributed by atoms with Gasteiger partial charge in [0.1, 0.15) is 0 Å². The van der Waals surface area contributed by atoms with E-state index in [1.807, 2.05) is 23.4 Å². The van der Waals surface area contributed by atoms with E-state index in [0.29, 0.717) is 44.3 Å². The summed E-state index contributed by atoms with van der Waals surface area (Å²) in [5.41, 5.74) is 2.54. The molecule has 7 nitrogen and oxygen atoms in total. The van der Waals surface area contributed by atoms with Gasteiger partial charge in [0.2, 0.25) is 5.91 Å². The second kappa shape index (κ2) is 7.99. The fourth-order valence-corrected chi connectivity index (χ4v) is 3.48. The Hall–Kier alpha value is -1.89. The summed E-state index contributed by atoms with van der Waals surface area (Å²) < 4.78 is 7.44. The van der Waals surface area contributed by atoms with E-state index in [1.54, 1.807) is 0 Å². The van der Waals surface area contributed by atoms with E-state index in [1.165, 1.54) is 0 Å². The van der Waals surface area contributed by atoms with Crippen molar-refractivity contribution in [3.05, 3.63) is 17.0 Å². The third-order valence-electron chi connectivity index (χ3n) is 4.73. The second-order valence-electron chi connectivity index (χ2n) is 7.25. The molecule has 0 unspecified atom stereocenters. The van der Waals surface area contributed by atoms with Crippen molar-refractivity contribution in [2.45, 2.75) is 52.7 Å². The molecule has 0 radical (unpaired) electrons. The Morgan fingerprint density at radius 2 is 2.04 bits per heavy atom. The van der Waals surface area contributed by atoms with Crippen LogP contribution in [0.15, 0.2) is 0 Å². The molecule has 0 atom stereocenters. The maximum atomic E-state index is 12.8. The first-order chi connectivity index (χ1) is 12.1. The molecule has 3 rings (SSSR count). The van der Waals surface area contributed by atoms with Gasteiger partial charge in [0.15, 0.2) is 5.69 Å². The third-order valence-corrected chi connectivity index (χ3v) is 4.73. The van der Waals surface area contributed by atoms with E-state index in [9.17, 15) is 9.59 Å². The number of rotatable bonds is 6. The van der Waals surface area contributed by atoms with Crippen molar-refractivity contribution in [1.29, 1.82) is 0 Å². The summed E-state index contributed by atoms with van der Waals surface area (Å²) in [6.45, 7) is 7.88. The number of nitrogens with one attached hydrogen (secondary N) is 1. The molecule has 1 fully saturated rings. The van der Waals surface area contributed by atoms with Crippen LogP contribution in [0.1, 0.15) is 54.9 Å². The molecule has 1 saturated heterocycles. The number of carbonyl (C=O) groups excluding carboxylic acids is 2. The minimum absolute atomic E-state index is 0.0156. The largest absolute Gasteiger partial charge is 0.376 e. The number of aromatic nitrogens is 2. The summed E-state index contributed by atoms with van der Waals surface area (Å²) in [5, 5.41) is 7.52. The van der Waals surface area contributed by atoms with Crippen molar-refractivity contribution >= 4 is 11.8 Å². The number of carbonyl (C=O) groups is 2. The van der Waals surface area contributed by atoms with E-state index < -0.39 is 0 Å². The van der Waals surface area contributed by atoms with Crippen LogP contribution in [0.5, 0.6) is 0 Å². The van der Waals surface area contributed by atoms with Gasteiger partial charge in [-0.05, 0) is 18.8 Å². The van der Waals surface area contributed by atoms with Gasteiger partial charge < -0.3 is 15.0 Å². The monoisotopic (exact) mass is 348 g/mol. The highest BCUT2D eigenvalue weighted by Gasteiger charge is 2.29. The van der Waals surface area contributed by atoms with Gasteiger partial charge in [-0.15, -0.1) is 0 Å². The van der Waals surface area contributed by atoms with Crippen molar-refractivity contribution < 1.29 is 14.3 Å². The standard InChI is InChI=1S/C18H28N4O3/c1-13(2)11-16(23)19-6-9-22-15-5-10-25-12-14(15)17(20-22)18(24)21-7-3-4-8-21/h13H,3-12H2,1-2H3,(H,19,23). The molecular formula is C18H28N4O3. The zero-order chi connectivity index (χ0) is 17.8. The van der Waals surface area contributed by atoms with Crippen LogP contribution < -0.4 is 5.32 Å². The number of amides is 2. The summed E-state index contributed by atoms with van der Waals surface area (Å²) in [4.78, 5) is 26.4. The van der Waals surface area contributed by atoms with Crippen LogP contribution in [0.25, 0.3) is 0 Å². The van der Waals surface area contributed by atoms with Gasteiger partial charge in [-0.25, -0.2) is 0 Å². The molecule has 0 bridgehead atoms. The molecule has 0 spiro atoms. The SMILES string of the molecule is CC(C)CC(=O)NCCn1nc(C(=O)N2CCCC2)c2c1CCOC2. The zero-order valence-electron chi connectivity index (χ0n) is 15.2. The van der Waals surface area contributed by atoms with Gasteiger partial charge in [-0.1, -0.05) is 13.8 Å². The fraction of sp³-hybridized carbons (Fsp3) is 0.722. The summed E-state index contributed by atoms with van der Waals surface area (Å²) in [6.07, 6.45) is 3.42. The lowest BCUT2D eigenvalue weighted by Gasteiger charge is -2.17. The first-order valence-corrected chi connectivity index (χ1v) is 9.28. The summed E-state index contributed by atoms with van der Waals surface area (Å²) in [7, 11) is 0. The Morgan fingerprint density at radius 3 is 2.76 bits per heavy atom. The Balaban J connectivity index is 1.69. The molecule has 0 saturated carbocycles. The first-order valence-electron chi connectivity index (χ1n) is 9.28. The van der Waals surface area contributed by atoms with Crippen LogP contribution in [0, 0.1) is 5.92 Å². The minimum atomic E-state index is 0.0156. The average molecular weight is 348 g/mol. The molecule has 138 valence electrons. The van der Waals surface area contributed by atoms with Gasteiger partial charge in [0.25, 0.3) is 5.91 Å². The Labute approximate surface area is 148 Å². The predicted molar refractivity (Wildman–Crippen MR) is 93.2 cm³/mol. The molecular weight excluding hydrogens is 320 g/mol. The quantitative estimate of drug-likeness (QED) is 0.842. The van der Waals surface area contributed by atoms with Crippen LogP contribution in [0.3, 0.4) is 0 Å². The zero-order valence-corrected chi connectivity index (χ0v) is 15.2. The highest BCUT2D eigenvalue weighted by molar-refractivity contribution is 5.94. The number of hydrogen-bond donors (Lipinski definition) is 1. The summed E-state index contributed by atoms with van der Waals surface area (Å²) in [6, 6.07) is 0. The maximum absolute atomic E-state index is 12.8. The van der Waals surface area contributed by atoms with Gasteiger partial charge in [0.05, 0.1) is 19.8 Å². The van der Waals surface area contributed by atoms with Crippen molar-refractivity contribution in [1.82, 2.24) is 20.0 Å². The van der Waals surface area contributed by atoms with Crippen molar-refractivity contribution in [3.8, 4) is 0 Å². The summed E-state index contributed by atoms with van der Waals surface area (Å²) in [5.74, 6) is 0.425. The smallest absolute Gasteiger partial charge is 0.274 e. The van der Waals surface area contributed by atoms with E-state index in [0.717, 1.165) is 43.6 Å². The number of hydrogen-bond acceptors (Lipinski definition) is 4. The highest BCUT2D eigenvalue weighted by Crippen LogP contribution is 2.23. The highest BCUT2D eigenvalue weighted by atomic mass is 16.5. The fourth-order valence-electron chi connectivity index (χ4n) is 3.48. The van der Waals surface area contributed by atoms with E-state index in [2.05, 4.69) is 10.4 Å². The van der Waals surface area contributed by atoms with Crippen LogP contribution in [-0.2, 0) is 29.1 Å². The Kier molecular flexibility index (Phi) is 5.73. The molecule has 2 aliphatic rings. The van der Waals surface area contributed by atoms with Gasteiger partial charge >= 0.3 is 0 Å². The minimum Gasteiger partial charge on any atom is -0.376 e. The van der Waals surface area contributed by atoms with Crippen LogP contribution in [0.2, 0.25) is 0 Å². The average Bonchev–Trinajstić information content (AvgIpc) is 3.22. The Bertz CT molecular complexity index is 633. The lowest BCUT2D eigenvalue weighted by atomic mass is 10.1. The molecule has 1 N–H and O–H groups in total. The normalized spacial score (nSPS) is 17.0. The van der Waals surface area contributed by atoms with Crippen LogP contribution >= 0.6 is 0 Å². The number of fused-ring (bicyclic) bond motifs is 1. The van der Waals surface area contributed by atoms with Crippen molar-refractivity contribution in [2.24, 2.45) is 5.92 Å². The van der Waals surface area contributed by atoms with E-state index >= 15 is 0 Å². The topological polar surface area (TPSA) is 76.5 Å². The molecule has 0 aromatic carbocycles. The lowest BCUT2D eigenvalue weighted by Crippen LogP contribution is -2.29. The van der Waals surface area contributed by atoms with Gasteiger partial charge in [0, 0.05) is 43.7 Å². The third kappa shape index (κ3) is 4.21. The number of nitrogens with zero attached hydrogens (tertiary/aromatic N) is 3. The van der Waals surface area contributed by atoms with E-state index in [4.69, 9.17) is 4.74 Å². The molecule has 7 heteroatoms. The maximum Gasteiger partial charge on any atom is 0.274 e. The number of ether oxygens (including phenoxy) is 1. The Morgan fingerprint density at radius 1 is 1.28 bits per heavy atom. The van der Waals surface area contributed by atoms with Crippen LogP contribution in [0.4, 0.5) is 0 Å². The molecule has 3 heterocycles. The number of likely N-dealkylation sites (tertiary alicyclic amines) is 1. The molecule has 25 heavy (non-hydrogen) atoms. The van der Waals surface area contributed by atoms with Gasteiger partial charge in [-0.2, -0.15) is 5.10 Å². The van der Waals surface area contributed by atoms with Crippen LogP contribution in [-0.4, -0.2) is 52.7 Å². The summed E-state index contributed by atoms with van der Waals surface area (Å²) >= 11 is 0. The van der Waals surface area contributed by atoms with E-state index in [-0.39, 0.29) is 11.8 Å². The molecule has 2 amide bonds. The van der Waals surface area contributed by atoms with Gasteiger partial charge in [-0.3, -0.25) is 14.3 Å². The molecule has 1 aromatic rings. The molecule has 1 aromatic heterocycles.